The second-order valence-corrected chi connectivity index (χ2v) is 4.39. The third-order valence-electron chi connectivity index (χ3n) is 3.70. The molecule has 0 radical (unpaired) electrons. The van der Waals surface area contributed by atoms with Crippen LogP contribution in [0.2, 0.25) is 0 Å². The highest BCUT2D eigenvalue weighted by Gasteiger charge is 2.37. The van der Waals surface area contributed by atoms with Crippen LogP contribution in [0.15, 0.2) is 0 Å². The number of hydrogen-bond donors (Lipinski definition) is 3. The molecule has 1 unspecified atom stereocenters. The third kappa shape index (κ3) is 2.69. The fourth-order valence-corrected chi connectivity index (χ4v) is 2.59. The van der Waals surface area contributed by atoms with Gasteiger partial charge in [0.05, 0.1) is 19.0 Å². The highest BCUT2D eigenvalue weighted by molar-refractivity contribution is 4.89. The van der Waals surface area contributed by atoms with Crippen molar-refractivity contribution in [1.29, 1.82) is 0 Å². The highest BCUT2D eigenvalue weighted by atomic mass is 15.4. The van der Waals surface area contributed by atoms with Gasteiger partial charge in [-0.25, -0.2) is 0 Å². The molecule has 0 aliphatic carbocycles. The first-order valence-corrected chi connectivity index (χ1v) is 6.14. The van der Waals surface area contributed by atoms with E-state index in [4.69, 9.17) is 5.73 Å². The molecule has 1 aliphatic heterocycles. The normalized spacial score (nSPS) is 23.0. The number of nitrogens with one attached hydrogen (secondary N) is 2. The largest absolute Gasteiger partial charge is 0.313 e. The van der Waals surface area contributed by atoms with E-state index in [9.17, 15) is 0 Å². The summed E-state index contributed by atoms with van der Waals surface area (Å²) in [5.74, 6) is 0.573. The van der Waals surface area contributed by atoms with Crippen LogP contribution in [-0.4, -0.2) is 30.6 Å². The van der Waals surface area contributed by atoms with E-state index < -0.39 is 0 Å². The van der Waals surface area contributed by atoms with Crippen LogP contribution >= 0.6 is 0 Å². The van der Waals surface area contributed by atoms with Gasteiger partial charge in [0.25, 0.3) is 0 Å². The van der Waals surface area contributed by atoms with Gasteiger partial charge in [-0.1, -0.05) is 33.6 Å². The molecule has 0 amide bonds. The Morgan fingerprint density at radius 1 is 1.20 bits per heavy atom. The van der Waals surface area contributed by atoms with Gasteiger partial charge in [-0.2, -0.15) is 0 Å². The molecular formula is C11H26N4. The monoisotopic (exact) mass is 214 g/mol. The second kappa shape index (κ2) is 5.80. The molecule has 1 heterocycles. The number of hydrogen-bond acceptors (Lipinski definition) is 4. The minimum Gasteiger partial charge on any atom is -0.313 e. The van der Waals surface area contributed by atoms with Crippen molar-refractivity contribution in [2.75, 3.05) is 20.0 Å². The average Bonchev–Trinajstić information content (AvgIpc) is 2.31. The summed E-state index contributed by atoms with van der Waals surface area (Å²) in [5.41, 5.74) is 6.42. The summed E-state index contributed by atoms with van der Waals surface area (Å²) in [5, 5.41) is 6.63. The molecule has 0 bridgehead atoms. The molecule has 1 aliphatic rings. The Balaban J connectivity index is 2.71. The van der Waals surface area contributed by atoms with Gasteiger partial charge >= 0.3 is 0 Å². The predicted molar refractivity (Wildman–Crippen MR) is 64.0 cm³/mol. The Bertz CT molecular complexity index is 175. The molecule has 0 aromatic heterocycles. The third-order valence-corrected chi connectivity index (χ3v) is 3.70. The Morgan fingerprint density at radius 2 is 1.73 bits per heavy atom. The van der Waals surface area contributed by atoms with Crippen LogP contribution in [0.5, 0.6) is 0 Å². The Hall–Kier alpha value is -0.160. The molecule has 4 nitrogen and oxygen atoms in total. The van der Waals surface area contributed by atoms with Crippen molar-refractivity contribution in [2.45, 2.75) is 45.7 Å². The molecular weight excluding hydrogens is 188 g/mol. The van der Waals surface area contributed by atoms with E-state index in [1.165, 1.54) is 0 Å². The summed E-state index contributed by atoms with van der Waals surface area (Å²) >= 11 is 0. The van der Waals surface area contributed by atoms with Gasteiger partial charge in [-0.3, -0.25) is 15.5 Å². The molecule has 1 rings (SSSR count). The zero-order valence-electron chi connectivity index (χ0n) is 10.3. The molecule has 4 N–H and O–H groups in total. The van der Waals surface area contributed by atoms with Gasteiger partial charge in [0.1, 0.15) is 0 Å². The summed E-state index contributed by atoms with van der Waals surface area (Å²) < 4.78 is 0. The first kappa shape index (κ1) is 12.9. The van der Waals surface area contributed by atoms with Crippen LogP contribution in [0, 0.1) is 5.92 Å². The molecule has 0 saturated carbocycles. The van der Waals surface area contributed by atoms with E-state index in [1.807, 2.05) is 0 Å². The van der Waals surface area contributed by atoms with Gasteiger partial charge in [-0.05, 0) is 12.3 Å². The molecule has 90 valence electrons. The molecule has 1 atom stereocenters. The van der Waals surface area contributed by atoms with Crippen LogP contribution < -0.4 is 16.4 Å². The lowest BCUT2D eigenvalue weighted by molar-refractivity contribution is -0.00127. The minimum absolute atomic E-state index is 0.163. The lowest BCUT2D eigenvalue weighted by Gasteiger charge is -2.47. The zero-order valence-corrected chi connectivity index (χ0v) is 10.3. The van der Waals surface area contributed by atoms with E-state index in [2.05, 4.69) is 36.3 Å². The zero-order chi connectivity index (χ0) is 11.3. The van der Waals surface area contributed by atoms with Gasteiger partial charge < -0.3 is 5.73 Å². The summed E-state index contributed by atoms with van der Waals surface area (Å²) in [6.07, 6.45) is 3.30. The molecule has 0 spiro atoms. The fraction of sp³-hybridized carbons (Fsp3) is 1.00. The van der Waals surface area contributed by atoms with E-state index >= 15 is 0 Å². The smallest absolute Gasteiger partial charge is 0.0734 e. The summed E-state index contributed by atoms with van der Waals surface area (Å²) in [7, 11) is 0. The van der Waals surface area contributed by atoms with Crippen LogP contribution in [0.1, 0.15) is 40.0 Å². The van der Waals surface area contributed by atoms with E-state index in [0.29, 0.717) is 5.92 Å². The van der Waals surface area contributed by atoms with E-state index in [0.717, 1.165) is 39.3 Å². The average molecular weight is 214 g/mol. The van der Waals surface area contributed by atoms with Crippen molar-refractivity contribution in [3.8, 4) is 0 Å². The SMILES string of the molecule is CCC(CC)C(N)(CC)N1CNCNC1. The lowest BCUT2D eigenvalue weighted by Crippen LogP contribution is -2.67. The Kier molecular flexibility index (Phi) is 4.99. The van der Waals surface area contributed by atoms with E-state index in [1.54, 1.807) is 0 Å². The molecule has 1 saturated heterocycles. The van der Waals surface area contributed by atoms with Crippen LogP contribution in [0.25, 0.3) is 0 Å². The first-order chi connectivity index (χ1) is 7.19. The van der Waals surface area contributed by atoms with Gasteiger partial charge in [0, 0.05) is 6.67 Å². The van der Waals surface area contributed by atoms with Gasteiger partial charge in [0.2, 0.25) is 0 Å². The molecule has 1 fully saturated rings. The van der Waals surface area contributed by atoms with Crippen LogP contribution in [0.3, 0.4) is 0 Å². The van der Waals surface area contributed by atoms with Crippen molar-refractivity contribution in [3.05, 3.63) is 0 Å². The Morgan fingerprint density at radius 3 is 2.13 bits per heavy atom. The maximum atomic E-state index is 6.58. The van der Waals surface area contributed by atoms with Gasteiger partial charge in [-0.15, -0.1) is 0 Å². The van der Waals surface area contributed by atoms with Crippen molar-refractivity contribution < 1.29 is 0 Å². The van der Waals surface area contributed by atoms with E-state index in [-0.39, 0.29) is 5.66 Å². The Labute approximate surface area is 93.6 Å². The lowest BCUT2D eigenvalue weighted by atomic mass is 9.85. The van der Waals surface area contributed by atoms with Gasteiger partial charge in [0.15, 0.2) is 0 Å². The second-order valence-electron chi connectivity index (χ2n) is 4.39. The number of nitrogens with two attached hydrogens (primary N) is 1. The standard InChI is InChI=1S/C11H26N4/c1-4-10(5-2)11(12,6-3)15-8-13-7-14-9-15/h10,13-14H,4-9,12H2,1-3H3. The van der Waals surface area contributed by atoms with Crippen molar-refractivity contribution in [3.63, 3.8) is 0 Å². The number of rotatable bonds is 5. The quantitative estimate of drug-likeness (QED) is 0.635. The maximum absolute atomic E-state index is 6.58. The molecule has 15 heavy (non-hydrogen) atoms. The highest BCUT2D eigenvalue weighted by Crippen LogP contribution is 2.28. The molecule has 0 aromatic carbocycles. The fourth-order valence-electron chi connectivity index (χ4n) is 2.59. The summed E-state index contributed by atoms with van der Waals surface area (Å²) in [6.45, 7) is 9.33. The summed E-state index contributed by atoms with van der Waals surface area (Å²) in [4.78, 5) is 2.33. The predicted octanol–water partition coefficient (Wildman–Crippen LogP) is 0.855. The van der Waals surface area contributed by atoms with Crippen LogP contribution in [0.4, 0.5) is 0 Å². The van der Waals surface area contributed by atoms with Crippen molar-refractivity contribution in [1.82, 2.24) is 15.5 Å². The molecule has 4 heteroatoms. The minimum atomic E-state index is -0.163. The summed E-state index contributed by atoms with van der Waals surface area (Å²) in [6, 6.07) is 0. The van der Waals surface area contributed by atoms with Crippen molar-refractivity contribution >= 4 is 0 Å². The van der Waals surface area contributed by atoms with Crippen molar-refractivity contribution in [2.24, 2.45) is 11.7 Å². The van der Waals surface area contributed by atoms with Crippen LogP contribution in [-0.2, 0) is 0 Å². The molecule has 0 aromatic rings. The topological polar surface area (TPSA) is 53.3 Å². The first-order valence-electron chi connectivity index (χ1n) is 6.14. The number of nitrogens with zero attached hydrogens (tertiary/aromatic N) is 1. The maximum Gasteiger partial charge on any atom is 0.0734 e.